The Hall–Kier alpha value is -0.380. The van der Waals surface area contributed by atoms with Gasteiger partial charge in [-0.25, -0.2) is 0 Å². The van der Waals surface area contributed by atoms with Gasteiger partial charge in [-0.2, -0.15) is 0 Å². The first kappa shape index (κ1) is 11.7. The van der Waals surface area contributed by atoms with Crippen LogP contribution in [0.3, 0.4) is 0 Å². The molecule has 1 rings (SSSR count). The molecule has 0 heterocycles. The second-order valence-electron chi connectivity index (χ2n) is 3.56. The fourth-order valence-electron chi connectivity index (χ4n) is 1.43. The third-order valence-corrected chi connectivity index (χ3v) is 2.96. The Balaban J connectivity index is 2.74. The van der Waals surface area contributed by atoms with Crippen LogP contribution in [0.25, 0.3) is 0 Å². The summed E-state index contributed by atoms with van der Waals surface area (Å²) in [5.74, 6) is 0. The Morgan fingerprint density at radius 2 is 2.14 bits per heavy atom. The van der Waals surface area contributed by atoms with Gasteiger partial charge in [-0.05, 0) is 43.5 Å². The summed E-state index contributed by atoms with van der Waals surface area (Å²) in [6, 6.07) is 6.36. The fourth-order valence-corrected chi connectivity index (χ4v) is 2.21. The van der Waals surface area contributed by atoms with Crippen molar-refractivity contribution >= 4 is 15.9 Å². The van der Waals surface area contributed by atoms with E-state index in [1.807, 2.05) is 0 Å². The van der Waals surface area contributed by atoms with Gasteiger partial charge in [0.1, 0.15) is 0 Å². The van der Waals surface area contributed by atoms with Crippen molar-refractivity contribution in [2.24, 2.45) is 11.5 Å². The van der Waals surface area contributed by atoms with E-state index in [-0.39, 0.29) is 6.04 Å². The van der Waals surface area contributed by atoms with E-state index in [9.17, 15) is 0 Å². The summed E-state index contributed by atoms with van der Waals surface area (Å²) in [5, 5.41) is 0. The zero-order valence-electron chi connectivity index (χ0n) is 8.46. The molecule has 1 atom stereocenters. The highest BCUT2D eigenvalue weighted by Gasteiger charge is 2.08. The maximum Gasteiger partial charge on any atom is 0.0306 e. The molecule has 0 saturated carbocycles. The highest BCUT2D eigenvalue weighted by atomic mass is 79.9. The largest absolute Gasteiger partial charge is 0.330 e. The van der Waals surface area contributed by atoms with Gasteiger partial charge in [0.2, 0.25) is 0 Å². The summed E-state index contributed by atoms with van der Waals surface area (Å²) in [5.41, 5.74) is 13.9. The van der Waals surface area contributed by atoms with Crippen LogP contribution < -0.4 is 11.5 Å². The molecule has 0 aliphatic carbocycles. The second kappa shape index (κ2) is 5.49. The van der Waals surface area contributed by atoms with Gasteiger partial charge in [-0.1, -0.05) is 28.1 Å². The number of nitrogens with two attached hydrogens (primary N) is 2. The smallest absolute Gasteiger partial charge is 0.0306 e. The number of aryl methyl sites for hydroxylation is 1. The molecule has 2 nitrogen and oxygen atoms in total. The Labute approximate surface area is 93.8 Å². The van der Waals surface area contributed by atoms with E-state index < -0.39 is 0 Å². The van der Waals surface area contributed by atoms with Crippen LogP contribution in [-0.4, -0.2) is 6.54 Å². The van der Waals surface area contributed by atoms with E-state index in [1.165, 1.54) is 11.1 Å². The molecule has 0 unspecified atom stereocenters. The van der Waals surface area contributed by atoms with E-state index in [1.54, 1.807) is 0 Å². The quantitative estimate of drug-likeness (QED) is 0.870. The molecule has 0 fully saturated rings. The fraction of sp³-hybridized carbons (Fsp3) is 0.455. The Morgan fingerprint density at radius 1 is 1.43 bits per heavy atom. The average Bonchev–Trinajstić information content (AvgIpc) is 2.14. The minimum Gasteiger partial charge on any atom is -0.330 e. The Morgan fingerprint density at radius 3 is 2.71 bits per heavy atom. The van der Waals surface area contributed by atoms with Gasteiger partial charge < -0.3 is 11.5 Å². The molecule has 0 aliphatic heterocycles. The predicted molar refractivity (Wildman–Crippen MR) is 64.1 cm³/mol. The summed E-state index contributed by atoms with van der Waals surface area (Å²) in [6.45, 7) is 2.77. The maximum absolute atomic E-state index is 6.05. The van der Waals surface area contributed by atoms with Crippen LogP contribution in [0.15, 0.2) is 22.7 Å². The Bertz CT molecular complexity index is 299. The van der Waals surface area contributed by atoms with Crippen LogP contribution in [0, 0.1) is 6.92 Å². The average molecular weight is 257 g/mol. The highest BCUT2D eigenvalue weighted by molar-refractivity contribution is 9.10. The molecule has 78 valence electrons. The van der Waals surface area contributed by atoms with Crippen LogP contribution in [-0.2, 0) is 0 Å². The van der Waals surface area contributed by atoms with Crippen molar-refractivity contribution < 1.29 is 0 Å². The lowest BCUT2D eigenvalue weighted by Crippen LogP contribution is -2.13. The molecule has 0 bridgehead atoms. The first-order valence-electron chi connectivity index (χ1n) is 4.87. The monoisotopic (exact) mass is 256 g/mol. The molecule has 0 amide bonds. The van der Waals surface area contributed by atoms with Gasteiger partial charge in [-0.15, -0.1) is 0 Å². The number of benzene rings is 1. The van der Waals surface area contributed by atoms with Gasteiger partial charge in [0, 0.05) is 10.5 Å². The van der Waals surface area contributed by atoms with Crippen LogP contribution in [0.5, 0.6) is 0 Å². The van der Waals surface area contributed by atoms with Gasteiger partial charge in [0.25, 0.3) is 0 Å². The van der Waals surface area contributed by atoms with Gasteiger partial charge in [0.05, 0.1) is 0 Å². The van der Waals surface area contributed by atoms with Crippen LogP contribution in [0.4, 0.5) is 0 Å². The molecule has 4 N–H and O–H groups in total. The molecule has 0 aromatic heterocycles. The Kier molecular flexibility index (Phi) is 4.58. The molecule has 0 saturated heterocycles. The lowest BCUT2D eigenvalue weighted by molar-refractivity contribution is 0.616. The molecule has 14 heavy (non-hydrogen) atoms. The summed E-state index contributed by atoms with van der Waals surface area (Å²) in [7, 11) is 0. The lowest BCUT2D eigenvalue weighted by Gasteiger charge is -2.13. The standard InChI is InChI=1S/C11H17BrN2/c1-8-4-5-9(10(12)7-8)11(14)3-2-6-13/h4-5,7,11H,2-3,6,13-14H2,1H3/t11-/m0/s1. The van der Waals surface area contributed by atoms with Crippen molar-refractivity contribution in [2.75, 3.05) is 6.54 Å². The second-order valence-corrected chi connectivity index (χ2v) is 4.42. The van der Waals surface area contributed by atoms with Crippen LogP contribution >= 0.6 is 15.9 Å². The normalized spacial score (nSPS) is 12.9. The first-order chi connectivity index (χ1) is 6.65. The SMILES string of the molecule is Cc1ccc([C@@H](N)CCCN)c(Br)c1. The molecule has 0 aliphatic rings. The van der Waals surface area contributed by atoms with Gasteiger partial charge >= 0.3 is 0 Å². The summed E-state index contributed by atoms with van der Waals surface area (Å²) in [6.07, 6.45) is 1.92. The van der Waals surface area contributed by atoms with E-state index in [0.29, 0.717) is 6.54 Å². The molecular weight excluding hydrogens is 240 g/mol. The summed E-state index contributed by atoms with van der Waals surface area (Å²) >= 11 is 3.53. The first-order valence-corrected chi connectivity index (χ1v) is 5.66. The van der Waals surface area contributed by atoms with Crippen molar-refractivity contribution in [3.8, 4) is 0 Å². The highest BCUT2D eigenvalue weighted by Crippen LogP contribution is 2.25. The molecule has 0 spiro atoms. The van der Waals surface area contributed by atoms with Crippen molar-refractivity contribution in [1.29, 1.82) is 0 Å². The third-order valence-electron chi connectivity index (χ3n) is 2.27. The molecule has 1 aromatic carbocycles. The number of halogens is 1. The van der Waals surface area contributed by atoms with Gasteiger partial charge in [-0.3, -0.25) is 0 Å². The predicted octanol–water partition coefficient (Wildman–Crippen LogP) is 2.50. The van der Waals surface area contributed by atoms with Crippen molar-refractivity contribution in [1.82, 2.24) is 0 Å². The lowest BCUT2D eigenvalue weighted by atomic mass is 10.0. The van der Waals surface area contributed by atoms with Crippen molar-refractivity contribution in [2.45, 2.75) is 25.8 Å². The summed E-state index contributed by atoms with van der Waals surface area (Å²) in [4.78, 5) is 0. The minimum atomic E-state index is 0.0912. The van der Waals surface area contributed by atoms with E-state index >= 15 is 0 Å². The van der Waals surface area contributed by atoms with Gasteiger partial charge in [0.15, 0.2) is 0 Å². The summed E-state index contributed by atoms with van der Waals surface area (Å²) < 4.78 is 1.10. The van der Waals surface area contributed by atoms with E-state index in [0.717, 1.165) is 17.3 Å². The number of rotatable bonds is 4. The molecule has 0 radical (unpaired) electrons. The zero-order chi connectivity index (χ0) is 10.6. The maximum atomic E-state index is 6.05. The van der Waals surface area contributed by atoms with E-state index in [4.69, 9.17) is 11.5 Å². The third kappa shape index (κ3) is 3.08. The topological polar surface area (TPSA) is 52.0 Å². The van der Waals surface area contributed by atoms with Crippen molar-refractivity contribution in [3.63, 3.8) is 0 Å². The van der Waals surface area contributed by atoms with Crippen LogP contribution in [0.1, 0.15) is 30.0 Å². The van der Waals surface area contributed by atoms with Crippen LogP contribution in [0.2, 0.25) is 0 Å². The zero-order valence-corrected chi connectivity index (χ0v) is 10.0. The van der Waals surface area contributed by atoms with Crippen molar-refractivity contribution in [3.05, 3.63) is 33.8 Å². The molecule has 3 heteroatoms. The molecular formula is C11H17BrN2. The number of hydrogen-bond acceptors (Lipinski definition) is 2. The van der Waals surface area contributed by atoms with E-state index in [2.05, 4.69) is 41.1 Å². The minimum absolute atomic E-state index is 0.0912. The number of hydrogen-bond donors (Lipinski definition) is 2. The molecule has 1 aromatic rings.